The number of fused-ring (bicyclic) bond motifs is 1. The Morgan fingerprint density at radius 2 is 1.68 bits per heavy atom. The van der Waals surface area contributed by atoms with Crippen LogP contribution in [0, 0.1) is 0 Å². The maximum absolute atomic E-state index is 6.28. The van der Waals surface area contributed by atoms with Gasteiger partial charge in [-0.3, -0.25) is 0 Å². The number of nitrogens with zero attached hydrogens (tertiary/aromatic N) is 4. The minimum atomic E-state index is 0.588. The van der Waals surface area contributed by atoms with E-state index in [9.17, 15) is 0 Å². The van der Waals surface area contributed by atoms with Crippen LogP contribution < -0.4 is 4.90 Å². The SMILES string of the molecule is COCCN(CCOC)c1ncnc2c1c(-c1ccccc1)cn2-c1cccc(Cl)c1. The number of rotatable bonds is 9. The van der Waals surface area contributed by atoms with E-state index >= 15 is 0 Å². The molecule has 0 aliphatic heterocycles. The summed E-state index contributed by atoms with van der Waals surface area (Å²) in [6, 6.07) is 18.1. The fraction of sp³-hybridized carbons (Fsp3) is 0.250. The number of hydrogen-bond donors (Lipinski definition) is 0. The largest absolute Gasteiger partial charge is 0.383 e. The van der Waals surface area contributed by atoms with Crippen LogP contribution in [0.3, 0.4) is 0 Å². The van der Waals surface area contributed by atoms with Gasteiger partial charge in [0.15, 0.2) is 5.65 Å². The van der Waals surface area contributed by atoms with E-state index in [1.165, 1.54) is 0 Å². The fourth-order valence-corrected chi connectivity index (χ4v) is 3.86. The Labute approximate surface area is 187 Å². The maximum Gasteiger partial charge on any atom is 0.150 e. The van der Waals surface area contributed by atoms with Crippen molar-refractivity contribution in [1.82, 2.24) is 14.5 Å². The van der Waals surface area contributed by atoms with E-state index in [4.69, 9.17) is 21.1 Å². The van der Waals surface area contributed by atoms with Crippen LogP contribution in [-0.4, -0.2) is 55.1 Å². The lowest BCUT2D eigenvalue weighted by atomic mass is 10.1. The molecule has 0 amide bonds. The summed E-state index contributed by atoms with van der Waals surface area (Å²) in [6.45, 7) is 2.57. The van der Waals surface area contributed by atoms with Crippen LogP contribution in [-0.2, 0) is 9.47 Å². The number of benzene rings is 2. The zero-order chi connectivity index (χ0) is 21.6. The molecule has 2 heterocycles. The predicted molar refractivity (Wildman–Crippen MR) is 125 cm³/mol. The molecule has 31 heavy (non-hydrogen) atoms. The lowest BCUT2D eigenvalue weighted by Crippen LogP contribution is -2.31. The van der Waals surface area contributed by atoms with Gasteiger partial charge in [-0.15, -0.1) is 0 Å². The van der Waals surface area contributed by atoms with E-state index in [0.717, 1.165) is 33.7 Å². The van der Waals surface area contributed by atoms with Crippen molar-refractivity contribution in [3.05, 3.63) is 72.1 Å². The molecule has 0 N–H and O–H groups in total. The third-order valence-electron chi connectivity index (χ3n) is 5.16. The molecular weight excluding hydrogens is 412 g/mol. The topological polar surface area (TPSA) is 52.4 Å². The Bertz CT molecular complexity index is 1140. The highest BCUT2D eigenvalue weighted by Gasteiger charge is 2.21. The summed E-state index contributed by atoms with van der Waals surface area (Å²) in [5.74, 6) is 0.860. The van der Waals surface area contributed by atoms with Crippen molar-refractivity contribution in [2.24, 2.45) is 0 Å². The Balaban J connectivity index is 1.95. The van der Waals surface area contributed by atoms with Crippen molar-refractivity contribution in [3.8, 4) is 16.8 Å². The first kappa shape index (κ1) is 21.3. The predicted octanol–water partition coefficient (Wildman–Crippen LogP) is 4.84. The van der Waals surface area contributed by atoms with E-state index in [1.54, 1.807) is 20.5 Å². The van der Waals surface area contributed by atoms with E-state index in [2.05, 4.69) is 37.8 Å². The van der Waals surface area contributed by atoms with Crippen molar-refractivity contribution in [2.75, 3.05) is 45.4 Å². The molecule has 0 aliphatic rings. The van der Waals surface area contributed by atoms with Crippen LogP contribution in [0.25, 0.3) is 27.8 Å². The Morgan fingerprint density at radius 3 is 2.35 bits per heavy atom. The van der Waals surface area contributed by atoms with Crippen LogP contribution in [0.15, 0.2) is 67.1 Å². The standard InChI is InChI=1S/C24H25ClN4O2/c1-30-13-11-28(12-14-31-2)23-22-21(18-7-4-3-5-8-18)16-29(24(22)27-17-26-23)20-10-6-9-19(25)15-20/h3-10,15-17H,11-14H2,1-2H3. The van der Waals surface area contributed by atoms with Crippen molar-refractivity contribution in [2.45, 2.75) is 0 Å². The first-order valence-corrected chi connectivity index (χ1v) is 10.5. The molecular formula is C24H25ClN4O2. The molecule has 0 unspecified atom stereocenters. The second-order valence-corrected chi connectivity index (χ2v) is 7.56. The van der Waals surface area contributed by atoms with Gasteiger partial charge in [0.2, 0.25) is 0 Å². The van der Waals surface area contributed by atoms with Crippen LogP contribution in [0.4, 0.5) is 5.82 Å². The molecule has 2 aromatic carbocycles. The van der Waals surface area contributed by atoms with Gasteiger partial charge in [-0.2, -0.15) is 0 Å². The molecule has 4 aromatic rings. The summed E-state index contributed by atoms with van der Waals surface area (Å²) >= 11 is 6.28. The maximum atomic E-state index is 6.28. The van der Waals surface area contributed by atoms with E-state index < -0.39 is 0 Å². The molecule has 160 valence electrons. The normalized spacial score (nSPS) is 11.2. The number of aromatic nitrogens is 3. The van der Waals surface area contributed by atoms with E-state index in [1.807, 2.05) is 42.5 Å². The Morgan fingerprint density at radius 1 is 0.935 bits per heavy atom. The molecule has 0 radical (unpaired) electrons. The van der Waals surface area contributed by atoms with Crippen molar-refractivity contribution in [1.29, 1.82) is 0 Å². The zero-order valence-electron chi connectivity index (χ0n) is 17.7. The summed E-state index contributed by atoms with van der Waals surface area (Å²) in [7, 11) is 3.41. The highest BCUT2D eigenvalue weighted by atomic mass is 35.5. The highest BCUT2D eigenvalue weighted by molar-refractivity contribution is 6.30. The number of hydrogen-bond acceptors (Lipinski definition) is 5. The second-order valence-electron chi connectivity index (χ2n) is 7.13. The summed E-state index contributed by atoms with van der Waals surface area (Å²) in [4.78, 5) is 11.5. The third-order valence-corrected chi connectivity index (χ3v) is 5.40. The van der Waals surface area contributed by atoms with Gasteiger partial charge in [0.1, 0.15) is 12.1 Å². The van der Waals surface area contributed by atoms with Gasteiger partial charge in [-0.1, -0.05) is 48.0 Å². The molecule has 0 atom stereocenters. The summed E-state index contributed by atoms with van der Waals surface area (Å²) in [5, 5.41) is 1.66. The van der Waals surface area contributed by atoms with Gasteiger partial charge < -0.3 is 18.9 Å². The smallest absolute Gasteiger partial charge is 0.150 e. The van der Waals surface area contributed by atoms with E-state index in [-0.39, 0.29) is 0 Å². The zero-order valence-corrected chi connectivity index (χ0v) is 18.4. The lowest BCUT2D eigenvalue weighted by molar-refractivity contribution is 0.190. The molecule has 7 heteroatoms. The highest BCUT2D eigenvalue weighted by Crippen LogP contribution is 2.36. The monoisotopic (exact) mass is 436 g/mol. The molecule has 6 nitrogen and oxygen atoms in total. The molecule has 2 aromatic heterocycles. The van der Waals surface area contributed by atoms with Gasteiger partial charge in [-0.25, -0.2) is 9.97 Å². The number of ether oxygens (including phenoxy) is 2. The molecule has 0 bridgehead atoms. The van der Waals surface area contributed by atoms with Crippen LogP contribution in [0.5, 0.6) is 0 Å². The number of halogens is 1. The van der Waals surface area contributed by atoms with Gasteiger partial charge >= 0.3 is 0 Å². The molecule has 0 saturated carbocycles. The summed E-state index contributed by atoms with van der Waals surface area (Å²) in [6.07, 6.45) is 3.72. The first-order valence-electron chi connectivity index (χ1n) is 10.1. The van der Waals surface area contributed by atoms with Crippen LogP contribution in [0.2, 0.25) is 5.02 Å². The third kappa shape index (κ3) is 4.56. The quantitative estimate of drug-likeness (QED) is 0.375. The summed E-state index contributed by atoms with van der Waals surface area (Å²) < 4.78 is 12.8. The van der Waals surface area contributed by atoms with Crippen molar-refractivity contribution < 1.29 is 9.47 Å². The molecule has 4 rings (SSSR count). The molecule has 0 spiro atoms. The first-order chi connectivity index (χ1) is 15.2. The minimum Gasteiger partial charge on any atom is -0.383 e. The number of anilines is 1. The molecule has 0 saturated heterocycles. The van der Waals surface area contributed by atoms with Crippen molar-refractivity contribution in [3.63, 3.8) is 0 Å². The van der Waals surface area contributed by atoms with Crippen molar-refractivity contribution >= 4 is 28.5 Å². The molecule has 0 aliphatic carbocycles. The average Bonchev–Trinajstić information content (AvgIpc) is 3.20. The van der Waals surface area contributed by atoms with Gasteiger partial charge in [-0.05, 0) is 23.8 Å². The minimum absolute atomic E-state index is 0.588. The Kier molecular flexibility index (Phi) is 6.82. The molecule has 0 fully saturated rings. The summed E-state index contributed by atoms with van der Waals surface area (Å²) in [5.41, 5.74) is 3.93. The van der Waals surface area contributed by atoms with Gasteiger partial charge in [0, 0.05) is 49.8 Å². The van der Waals surface area contributed by atoms with Gasteiger partial charge in [0.05, 0.1) is 18.6 Å². The Hall–Kier alpha value is -2.93. The van der Waals surface area contributed by atoms with Crippen LogP contribution >= 0.6 is 11.6 Å². The number of methoxy groups -OCH3 is 2. The van der Waals surface area contributed by atoms with E-state index in [0.29, 0.717) is 31.3 Å². The lowest BCUT2D eigenvalue weighted by Gasteiger charge is -2.24. The van der Waals surface area contributed by atoms with Crippen LogP contribution in [0.1, 0.15) is 0 Å². The fourth-order valence-electron chi connectivity index (χ4n) is 3.67. The average molecular weight is 437 g/mol. The van der Waals surface area contributed by atoms with Gasteiger partial charge in [0.25, 0.3) is 0 Å². The second kappa shape index (κ2) is 9.92.